The molecule has 0 amide bonds. The number of benzene rings is 10. The van der Waals surface area contributed by atoms with E-state index in [1.807, 2.05) is 23.9 Å². The third kappa shape index (κ3) is 5.12. The summed E-state index contributed by atoms with van der Waals surface area (Å²) in [7, 11) is 0. The smallest absolute Gasteiger partial charge is 0.137 e. The van der Waals surface area contributed by atoms with Crippen molar-refractivity contribution >= 4 is 61.5 Å². The topological polar surface area (TPSA) is 16.4 Å². The fourth-order valence-electron chi connectivity index (χ4n) is 10.5. The Balaban J connectivity index is 0.999. The molecule has 290 valence electrons. The minimum atomic E-state index is -0.457. The second-order valence-corrected chi connectivity index (χ2v) is 17.4. The summed E-state index contributed by atoms with van der Waals surface area (Å²) < 4.78 is 6.43. The Morgan fingerprint density at radius 3 is 1.68 bits per heavy atom. The summed E-state index contributed by atoms with van der Waals surface area (Å²) in [5.74, 6) is 0. The van der Waals surface area contributed by atoms with Crippen LogP contribution in [-0.2, 0) is 5.41 Å². The summed E-state index contributed by atoms with van der Waals surface area (Å²) in [6.45, 7) is 0. The van der Waals surface area contributed by atoms with Crippen molar-refractivity contribution in [1.29, 1.82) is 0 Å². The molecule has 0 atom stereocenters. The van der Waals surface area contributed by atoms with Gasteiger partial charge in [0.1, 0.15) is 11.2 Å². The molecule has 13 rings (SSSR count). The van der Waals surface area contributed by atoms with Crippen LogP contribution >= 0.6 is 11.8 Å². The van der Waals surface area contributed by atoms with E-state index in [0.29, 0.717) is 0 Å². The molecule has 0 saturated heterocycles. The summed E-state index contributed by atoms with van der Waals surface area (Å²) >= 11 is 1.89. The lowest BCUT2D eigenvalue weighted by molar-refractivity contribution is 0.669. The molecule has 0 saturated carbocycles. The monoisotopic (exact) mass is 807 g/mol. The number of rotatable bonds is 5. The average molecular weight is 808 g/mol. The molecule has 3 heteroatoms. The van der Waals surface area contributed by atoms with Gasteiger partial charge < -0.3 is 9.32 Å². The van der Waals surface area contributed by atoms with Crippen LogP contribution in [0.1, 0.15) is 22.3 Å². The van der Waals surface area contributed by atoms with E-state index in [0.717, 1.165) is 39.0 Å². The van der Waals surface area contributed by atoms with Gasteiger partial charge in [-0.3, -0.25) is 0 Å². The molecular weight excluding hydrogens is 771 g/mol. The second kappa shape index (κ2) is 13.7. The maximum absolute atomic E-state index is 6.43. The normalized spacial score (nSPS) is 13.2. The standard InChI is InChI=1S/C59H37NOS/c1-2-13-38(14-3-1)39-25-30-42(31-26-39)60(44-34-35-48-47-17-6-9-22-53(47)61-54(48)37-44)43-32-27-41(28-33-43)46-18-12-21-51-57(46)58-45-16-5-4-15-40(45)29-36-52(58)59(51)49-19-7-10-23-55(49)62-56-24-11-8-20-50(56)59/h1-37H. The highest BCUT2D eigenvalue weighted by molar-refractivity contribution is 7.99. The Morgan fingerprint density at radius 2 is 0.919 bits per heavy atom. The zero-order chi connectivity index (χ0) is 40.8. The number of fused-ring (bicyclic) bond motifs is 14. The third-order valence-electron chi connectivity index (χ3n) is 13.1. The van der Waals surface area contributed by atoms with Crippen LogP contribution in [-0.4, -0.2) is 0 Å². The second-order valence-electron chi connectivity index (χ2n) is 16.4. The largest absolute Gasteiger partial charge is 0.456 e. The molecule has 1 aliphatic carbocycles. The van der Waals surface area contributed by atoms with Gasteiger partial charge in [0.25, 0.3) is 0 Å². The zero-order valence-electron chi connectivity index (χ0n) is 33.6. The Hall–Kier alpha value is -7.59. The molecule has 0 N–H and O–H groups in total. The summed E-state index contributed by atoms with van der Waals surface area (Å²) in [5, 5.41) is 4.78. The van der Waals surface area contributed by atoms with E-state index in [9.17, 15) is 0 Å². The van der Waals surface area contributed by atoms with Crippen LogP contribution in [0, 0.1) is 0 Å². The van der Waals surface area contributed by atoms with Crippen molar-refractivity contribution in [3.63, 3.8) is 0 Å². The average Bonchev–Trinajstić information content (AvgIpc) is 3.86. The lowest BCUT2D eigenvalue weighted by atomic mass is 9.67. The van der Waals surface area contributed by atoms with Crippen molar-refractivity contribution in [2.75, 3.05) is 4.90 Å². The van der Waals surface area contributed by atoms with E-state index in [2.05, 4.69) is 217 Å². The van der Waals surface area contributed by atoms with Crippen molar-refractivity contribution < 1.29 is 4.42 Å². The summed E-state index contributed by atoms with van der Waals surface area (Å²) in [6, 6.07) is 82.2. The Kier molecular flexibility index (Phi) is 7.79. The van der Waals surface area contributed by atoms with Crippen LogP contribution in [0.5, 0.6) is 0 Å². The number of hydrogen-bond acceptors (Lipinski definition) is 3. The van der Waals surface area contributed by atoms with Crippen LogP contribution in [0.2, 0.25) is 0 Å². The third-order valence-corrected chi connectivity index (χ3v) is 14.3. The number of furan rings is 1. The van der Waals surface area contributed by atoms with Gasteiger partial charge in [-0.25, -0.2) is 0 Å². The van der Waals surface area contributed by atoms with E-state index in [1.54, 1.807) is 0 Å². The van der Waals surface area contributed by atoms with Gasteiger partial charge in [-0.05, 0) is 121 Å². The van der Waals surface area contributed by atoms with E-state index in [-0.39, 0.29) is 0 Å². The Morgan fingerprint density at radius 1 is 0.355 bits per heavy atom. The van der Waals surface area contributed by atoms with Gasteiger partial charge in [-0.15, -0.1) is 0 Å². The fourth-order valence-corrected chi connectivity index (χ4v) is 11.7. The Bertz CT molecular complexity index is 3500. The summed E-state index contributed by atoms with van der Waals surface area (Å²) in [4.78, 5) is 4.96. The zero-order valence-corrected chi connectivity index (χ0v) is 34.4. The maximum atomic E-state index is 6.43. The maximum Gasteiger partial charge on any atom is 0.137 e. The van der Waals surface area contributed by atoms with Crippen LogP contribution in [0.3, 0.4) is 0 Å². The number of anilines is 3. The van der Waals surface area contributed by atoms with Crippen molar-refractivity contribution in [1.82, 2.24) is 0 Å². The van der Waals surface area contributed by atoms with Crippen molar-refractivity contribution in [2.45, 2.75) is 15.2 Å². The molecule has 0 bridgehead atoms. The molecular formula is C59H37NOS. The molecule has 0 fully saturated rings. The number of nitrogens with zero attached hydrogens (tertiary/aromatic N) is 1. The minimum Gasteiger partial charge on any atom is -0.456 e. The first kappa shape index (κ1) is 35.2. The molecule has 0 unspecified atom stereocenters. The predicted molar refractivity (Wildman–Crippen MR) is 258 cm³/mol. The molecule has 2 heterocycles. The Labute approximate surface area is 364 Å². The van der Waals surface area contributed by atoms with Crippen LogP contribution in [0.15, 0.2) is 239 Å². The highest BCUT2D eigenvalue weighted by Gasteiger charge is 2.51. The van der Waals surface area contributed by atoms with Crippen LogP contribution in [0.25, 0.3) is 66.1 Å². The molecule has 10 aromatic carbocycles. The van der Waals surface area contributed by atoms with Gasteiger partial charge in [-0.1, -0.05) is 176 Å². The minimum absolute atomic E-state index is 0.457. The van der Waals surface area contributed by atoms with E-state index < -0.39 is 5.41 Å². The summed E-state index contributed by atoms with van der Waals surface area (Å²) in [6.07, 6.45) is 0. The SMILES string of the molecule is c1ccc(-c2ccc(N(c3ccc(-c4cccc5c4-c4c(ccc6ccccc46)C54c5ccccc5Sc5ccccc54)cc3)c3ccc4c(c3)oc3ccccc34)cc2)cc1. The van der Waals surface area contributed by atoms with Gasteiger partial charge in [0.05, 0.1) is 5.41 Å². The fraction of sp³-hybridized carbons (Fsp3) is 0.0169. The molecule has 11 aromatic rings. The molecule has 1 spiro atoms. The molecule has 2 nitrogen and oxygen atoms in total. The lowest BCUT2D eigenvalue weighted by Crippen LogP contribution is -2.31. The molecule has 1 aromatic heterocycles. The highest BCUT2D eigenvalue weighted by atomic mass is 32.2. The molecule has 0 radical (unpaired) electrons. The van der Waals surface area contributed by atoms with Gasteiger partial charge in [0, 0.05) is 43.7 Å². The van der Waals surface area contributed by atoms with Crippen LogP contribution in [0.4, 0.5) is 17.1 Å². The highest BCUT2D eigenvalue weighted by Crippen LogP contribution is 2.64. The molecule has 1 aliphatic heterocycles. The van der Waals surface area contributed by atoms with E-state index >= 15 is 0 Å². The molecule has 2 aliphatic rings. The van der Waals surface area contributed by atoms with E-state index in [4.69, 9.17) is 4.42 Å². The summed E-state index contributed by atoms with van der Waals surface area (Å²) in [5.41, 5.74) is 17.3. The van der Waals surface area contributed by atoms with Crippen molar-refractivity contribution in [3.8, 4) is 33.4 Å². The quantitative estimate of drug-likeness (QED) is 0.172. The van der Waals surface area contributed by atoms with Crippen LogP contribution < -0.4 is 4.90 Å². The number of hydrogen-bond donors (Lipinski definition) is 0. The van der Waals surface area contributed by atoms with Gasteiger partial charge in [0.15, 0.2) is 0 Å². The van der Waals surface area contributed by atoms with Gasteiger partial charge in [0.2, 0.25) is 0 Å². The van der Waals surface area contributed by atoms with Crippen molar-refractivity contribution in [2.24, 2.45) is 0 Å². The van der Waals surface area contributed by atoms with E-state index in [1.165, 1.54) is 76.2 Å². The first-order chi connectivity index (χ1) is 30.7. The van der Waals surface area contributed by atoms with Gasteiger partial charge >= 0.3 is 0 Å². The first-order valence-electron chi connectivity index (χ1n) is 21.2. The number of para-hydroxylation sites is 1. The van der Waals surface area contributed by atoms with Gasteiger partial charge in [-0.2, -0.15) is 0 Å². The molecule has 62 heavy (non-hydrogen) atoms. The predicted octanol–water partition coefficient (Wildman–Crippen LogP) is 16.4. The lowest BCUT2D eigenvalue weighted by Gasteiger charge is -2.39. The first-order valence-corrected chi connectivity index (χ1v) is 22.1. The van der Waals surface area contributed by atoms with Crippen molar-refractivity contribution in [3.05, 3.63) is 247 Å².